The number of aryl methyl sites for hydroxylation is 1. The molecule has 0 fully saturated rings. The second-order valence-corrected chi connectivity index (χ2v) is 7.99. The van der Waals surface area contributed by atoms with E-state index in [4.69, 9.17) is 4.42 Å². The number of hydrogen-bond acceptors (Lipinski definition) is 6. The number of nitrogens with one attached hydrogen (secondary N) is 1. The highest BCUT2D eigenvalue weighted by atomic mass is 32.2. The first-order valence-electron chi connectivity index (χ1n) is 8.28. The van der Waals surface area contributed by atoms with Gasteiger partial charge < -0.3 is 14.3 Å². The molecule has 1 N–H and O–H groups in total. The first-order valence-corrected chi connectivity index (χ1v) is 9.76. The highest BCUT2D eigenvalue weighted by Crippen LogP contribution is 2.33. The Labute approximate surface area is 154 Å². The number of fused-ring (bicyclic) bond motifs is 3. The lowest BCUT2D eigenvalue weighted by Gasteiger charge is -2.10. The van der Waals surface area contributed by atoms with Crippen molar-refractivity contribution in [3.63, 3.8) is 0 Å². The molecule has 0 atom stereocenters. The van der Waals surface area contributed by atoms with Crippen molar-refractivity contribution in [1.29, 1.82) is 0 Å². The summed E-state index contributed by atoms with van der Waals surface area (Å²) in [6.45, 7) is 0. The Kier molecular flexibility index (Phi) is 4.00. The molecule has 0 saturated heterocycles. The quantitative estimate of drug-likeness (QED) is 0.736. The van der Waals surface area contributed by atoms with Crippen LogP contribution in [0.1, 0.15) is 39.3 Å². The Morgan fingerprint density at radius 3 is 2.52 bits per heavy atom. The van der Waals surface area contributed by atoms with Crippen molar-refractivity contribution in [3.05, 3.63) is 59.4 Å². The standard InChI is InChI=1S/C19H15NO6S/c21-15-2-1-3-17-18(15)14-10-12(6-9-16(14)26-17)20-27(24,25)13-7-4-11(5-8-13)19(22)23/h4-10,20H,1-3H2,(H,22,23)/p-1. The lowest BCUT2D eigenvalue weighted by molar-refractivity contribution is -0.255. The minimum Gasteiger partial charge on any atom is -0.545 e. The number of carboxylic acids is 1. The van der Waals surface area contributed by atoms with Crippen LogP contribution in [0, 0.1) is 0 Å². The number of carbonyl (C=O) groups is 2. The summed E-state index contributed by atoms with van der Waals surface area (Å²) < 4.78 is 33.2. The number of carboxylic acid groups (broad SMARTS) is 1. The van der Waals surface area contributed by atoms with Crippen molar-refractivity contribution < 1.29 is 27.5 Å². The second kappa shape index (κ2) is 6.24. The van der Waals surface area contributed by atoms with Gasteiger partial charge in [0.2, 0.25) is 0 Å². The van der Waals surface area contributed by atoms with E-state index in [1.165, 1.54) is 12.1 Å². The Morgan fingerprint density at radius 2 is 1.81 bits per heavy atom. The van der Waals surface area contributed by atoms with Gasteiger partial charge in [0.25, 0.3) is 10.0 Å². The summed E-state index contributed by atoms with van der Waals surface area (Å²) in [4.78, 5) is 22.9. The smallest absolute Gasteiger partial charge is 0.261 e. The monoisotopic (exact) mass is 384 g/mol. The largest absolute Gasteiger partial charge is 0.545 e. The third kappa shape index (κ3) is 3.08. The topological polar surface area (TPSA) is 117 Å². The predicted molar refractivity (Wildman–Crippen MR) is 95.1 cm³/mol. The Hall–Kier alpha value is -3.13. The summed E-state index contributed by atoms with van der Waals surface area (Å²) in [6, 6.07) is 9.46. The maximum Gasteiger partial charge on any atom is 0.261 e. The van der Waals surface area contributed by atoms with E-state index in [2.05, 4.69) is 4.72 Å². The molecule has 0 bridgehead atoms. The van der Waals surface area contributed by atoms with Crippen molar-refractivity contribution in [2.24, 2.45) is 0 Å². The number of benzene rings is 2. The van der Waals surface area contributed by atoms with Crippen LogP contribution in [0.3, 0.4) is 0 Å². The van der Waals surface area contributed by atoms with Gasteiger partial charge in [-0.2, -0.15) is 0 Å². The molecular weight excluding hydrogens is 370 g/mol. The van der Waals surface area contributed by atoms with Gasteiger partial charge in [-0.15, -0.1) is 0 Å². The van der Waals surface area contributed by atoms with Crippen molar-refractivity contribution in [1.82, 2.24) is 0 Å². The molecule has 7 nitrogen and oxygen atoms in total. The third-order valence-electron chi connectivity index (χ3n) is 4.50. The SMILES string of the molecule is O=C([O-])c1ccc(S(=O)(=O)Nc2ccc3oc4c(c3c2)C(=O)CCC4)cc1. The molecule has 0 amide bonds. The first kappa shape index (κ1) is 17.3. The fraction of sp³-hybridized carbons (Fsp3) is 0.158. The summed E-state index contributed by atoms with van der Waals surface area (Å²) in [5.74, 6) is -0.751. The van der Waals surface area contributed by atoms with Crippen LogP contribution in [0.15, 0.2) is 51.8 Å². The molecule has 1 aliphatic carbocycles. The van der Waals surface area contributed by atoms with Gasteiger partial charge in [-0.25, -0.2) is 8.42 Å². The molecule has 0 unspecified atom stereocenters. The number of sulfonamides is 1. The molecule has 138 valence electrons. The molecule has 0 saturated carbocycles. The third-order valence-corrected chi connectivity index (χ3v) is 5.90. The van der Waals surface area contributed by atoms with Gasteiger partial charge in [-0.1, -0.05) is 12.1 Å². The summed E-state index contributed by atoms with van der Waals surface area (Å²) in [5.41, 5.74) is 1.24. The van der Waals surface area contributed by atoms with Gasteiger partial charge in [0.1, 0.15) is 11.3 Å². The Bertz CT molecular complexity index is 1170. The number of furan rings is 1. The number of ketones is 1. The first-order chi connectivity index (χ1) is 12.8. The number of hydrogen-bond donors (Lipinski definition) is 1. The second-order valence-electron chi connectivity index (χ2n) is 6.31. The van der Waals surface area contributed by atoms with Crippen LogP contribution in [-0.4, -0.2) is 20.2 Å². The molecule has 1 heterocycles. The summed E-state index contributed by atoms with van der Waals surface area (Å²) in [7, 11) is -3.92. The summed E-state index contributed by atoms with van der Waals surface area (Å²) in [5, 5.41) is 11.4. The van der Waals surface area contributed by atoms with E-state index in [1.54, 1.807) is 18.2 Å². The normalized spacial score (nSPS) is 14.1. The van der Waals surface area contributed by atoms with Crippen LogP contribution < -0.4 is 9.83 Å². The Morgan fingerprint density at radius 1 is 1.07 bits per heavy atom. The summed E-state index contributed by atoms with van der Waals surface area (Å²) >= 11 is 0. The summed E-state index contributed by atoms with van der Waals surface area (Å²) in [6.07, 6.45) is 1.87. The van der Waals surface area contributed by atoms with Gasteiger partial charge in [-0.05, 0) is 42.3 Å². The lowest BCUT2D eigenvalue weighted by Crippen LogP contribution is -2.22. The van der Waals surface area contributed by atoms with Gasteiger partial charge in [0.15, 0.2) is 5.78 Å². The van der Waals surface area contributed by atoms with Gasteiger partial charge >= 0.3 is 0 Å². The molecule has 1 aromatic heterocycles. The maximum atomic E-state index is 12.5. The molecular formula is C19H14NO6S-. The zero-order valence-corrected chi connectivity index (χ0v) is 14.8. The van der Waals surface area contributed by atoms with Crippen molar-refractivity contribution in [3.8, 4) is 0 Å². The van der Waals surface area contributed by atoms with Crippen molar-refractivity contribution >= 4 is 38.4 Å². The van der Waals surface area contributed by atoms with Gasteiger partial charge in [0, 0.05) is 23.9 Å². The van der Waals surface area contributed by atoms with Crippen molar-refractivity contribution in [2.45, 2.75) is 24.2 Å². The zero-order valence-electron chi connectivity index (χ0n) is 14.0. The van der Waals surface area contributed by atoms with Crippen LogP contribution in [0.2, 0.25) is 0 Å². The van der Waals surface area contributed by atoms with Crippen LogP contribution in [0.5, 0.6) is 0 Å². The molecule has 0 aliphatic heterocycles. The molecule has 2 aromatic carbocycles. The van der Waals surface area contributed by atoms with E-state index in [9.17, 15) is 23.1 Å². The number of aromatic carboxylic acids is 1. The van der Waals surface area contributed by atoms with Gasteiger partial charge in [0.05, 0.1) is 16.4 Å². The molecule has 0 radical (unpaired) electrons. The molecule has 8 heteroatoms. The average Bonchev–Trinajstić information content (AvgIpc) is 3.00. The highest BCUT2D eigenvalue weighted by molar-refractivity contribution is 7.92. The number of anilines is 1. The van der Waals surface area contributed by atoms with E-state index in [1.807, 2.05) is 0 Å². The number of Topliss-reactive ketones (excluding diaryl/α,β-unsaturated/α-hetero) is 1. The molecule has 1 aliphatic rings. The number of rotatable bonds is 4. The lowest BCUT2D eigenvalue weighted by atomic mass is 9.94. The van der Waals surface area contributed by atoms with E-state index < -0.39 is 16.0 Å². The van der Waals surface area contributed by atoms with E-state index in [-0.39, 0.29) is 21.9 Å². The number of carbonyl (C=O) groups excluding carboxylic acids is 2. The van der Waals surface area contributed by atoms with E-state index >= 15 is 0 Å². The maximum absolute atomic E-state index is 12.5. The van der Waals surface area contributed by atoms with Gasteiger partial charge in [-0.3, -0.25) is 9.52 Å². The van der Waals surface area contributed by atoms with E-state index in [0.717, 1.165) is 18.6 Å². The van der Waals surface area contributed by atoms with Crippen LogP contribution in [-0.2, 0) is 16.4 Å². The minimum absolute atomic E-state index is 0.00660. The van der Waals surface area contributed by atoms with E-state index in [0.29, 0.717) is 35.1 Å². The molecule has 27 heavy (non-hydrogen) atoms. The predicted octanol–water partition coefficient (Wildman–Crippen LogP) is 2.12. The Balaban J connectivity index is 1.69. The molecule has 0 spiro atoms. The fourth-order valence-corrected chi connectivity index (χ4v) is 4.26. The van der Waals surface area contributed by atoms with Crippen molar-refractivity contribution in [2.75, 3.05) is 4.72 Å². The average molecular weight is 384 g/mol. The molecule has 4 rings (SSSR count). The minimum atomic E-state index is -3.92. The fourth-order valence-electron chi connectivity index (χ4n) is 3.21. The zero-order chi connectivity index (χ0) is 19.2. The highest BCUT2D eigenvalue weighted by Gasteiger charge is 2.25. The van der Waals surface area contributed by atoms with Crippen LogP contribution in [0.4, 0.5) is 5.69 Å². The molecule has 3 aromatic rings. The van der Waals surface area contributed by atoms with Crippen LogP contribution >= 0.6 is 0 Å². The van der Waals surface area contributed by atoms with Crippen LogP contribution in [0.25, 0.3) is 11.0 Å².